The Morgan fingerprint density at radius 1 is 1.32 bits per heavy atom. The quantitative estimate of drug-likeness (QED) is 0.744. The van der Waals surface area contributed by atoms with Gasteiger partial charge in [-0.3, -0.25) is 9.69 Å². The summed E-state index contributed by atoms with van der Waals surface area (Å²) in [7, 11) is 1.65. The molecule has 0 spiro atoms. The van der Waals surface area contributed by atoms with Crippen LogP contribution < -0.4 is 4.74 Å². The van der Waals surface area contributed by atoms with Crippen molar-refractivity contribution < 1.29 is 9.53 Å². The van der Waals surface area contributed by atoms with Gasteiger partial charge in [0.15, 0.2) is 0 Å². The normalized spacial score (nSPS) is 28.5. The van der Waals surface area contributed by atoms with Gasteiger partial charge in [0.1, 0.15) is 5.75 Å². The molecule has 1 aromatic rings. The summed E-state index contributed by atoms with van der Waals surface area (Å²) in [5.74, 6) is 4.22. The number of benzene rings is 1. The summed E-state index contributed by atoms with van der Waals surface area (Å²) in [6.07, 6.45) is 2.00. The number of aryl methyl sites for hydroxylation is 1. The van der Waals surface area contributed by atoms with E-state index in [1.165, 1.54) is 0 Å². The zero-order chi connectivity index (χ0) is 16.1. The first-order chi connectivity index (χ1) is 10.3. The Balaban J connectivity index is 2.02. The molecule has 2 fully saturated rings. The van der Waals surface area contributed by atoms with Gasteiger partial charge < -0.3 is 4.74 Å². The third-order valence-corrected chi connectivity index (χ3v) is 5.94. The number of amides is 1. The Morgan fingerprint density at radius 3 is 2.64 bits per heavy atom. The molecular formula is C19H23NO2. The Morgan fingerprint density at radius 2 is 2.05 bits per heavy atom. The maximum absolute atomic E-state index is 12.6. The van der Waals surface area contributed by atoms with Crippen LogP contribution in [0, 0.1) is 30.2 Å². The fourth-order valence-corrected chi connectivity index (χ4v) is 3.98. The molecule has 3 nitrogen and oxygen atoms in total. The van der Waals surface area contributed by atoms with Gasteiger partial charge in [0.2, 0.25) is 5.91 Å². The molecule has 1 aliphatic carbocycles. The number of hydrogen-bond acceptors (Lipinski definition) is 2. The Hall–Kier alpha value is -1.95. The average molecular weight is 297 g/mol. The summed E-state index contributed by atoms with van der Waals surface area (Å²) in [5.41, 5.74) is 1.74. The monoisotopic (exact) mass is 297 g/mol. The third kappa shape index (κ3) is 1.80. The van der Waals surface area contributed by atoms with Crippen molar-refractivity contribution in [1.29, 1.82) is 0 Å². The smallest absolute Gasteiger partial charge is 0.238 e. The lowest BCUT2D eigenvalue weighted by Crippen LogP contribution is -2.46. The highest BCUT2D eigenvalue weighted by Gasteiger charge is 2.65. The second-order valence-electron chi connectivity index (χ2n) is 7.15. The predicted molar refractivity (Wildman–Crippen MR) is 86.4 cm³/mol. The largest absolute Gasteiger partial charge is 0.495 e. The van der Waals surface area contributed by atoms with Crippen molar-refractivity contribution in [3.8, 4) is 17.7 Å². The molecule has 116 valence electrons. The molecule has 1 amide bonds. The van der Waals surface area contributed by atoms with Crippen LogP contribution in [0.5, 0.6) is 5.75 Å². The van der Waals surface area contributed by atoms with E-state index in [1.54, 1.807) is 12.0 Å². The number of methoxy groups -OCH3 is 1. The van der Waals surface area contributed by atoms with Crippen LogP contribution in [0.2, 0.25) is 0 Å². The van der Waals surface area contributed by atoms with Crippen LogP contribution in [0.1, 0.15) is 44.7 Å². The third-order valence-electron chi connectivity index (χ3n) is 5.94. The lowest BCUT2D eigenvalue weighted by molar-refractivity contribution is -0.132. The summed E-state index contributed by atoms with van der Waals surface area (Å²) in [4.78, 5) is 14.4. The van der Waals surface area contributed by atoms with Crippen molar-refractivity contribution in [3.05, 3.63) is 29.3 Å². The highest BCUT2D eigenvalue weighted by Crippen LogP contribution is 2.59. The standard InChI is InChI=1S/C19H23NO2/c1-13-7-6-8-16(22-5)14(13)10-12-20-17(21)15-9-11-19(20,4)18(15,2)3/h6-8,15H,9,11H2,1-5H3/t15-,19-/m1/s1. The van der Waals surface area contributed by atoms with Gasteiger partial charge in [-0.15, -0.1) is 0 Å². The number of rotatable bonds is 1. The number of nitrogens with zero attached hydrogens (tertiary/aromatic N) is 1. The van der Waals surface area contributed by atoms with Crippen molar-refractivity contribution in [2.24, 2.45) is 11.3 Å². The minimum Gasteiger partial charge on any atom is -0.495 e. The lowest BCUT2D eigenvalue weighted by Gasteiger charge is -2.37. The van der Waals surface area contributed by atoms with E-state index >= 15 is 0 Å². The summed E-state index contributed by atoms with van der Waals surface area (Å²) in [5, 5.41) is 0. The molecule has 1 aromatic carbocycles. The highest BCUT2D eigenvalue weighted by molar-refractivity contribution is 5.87. The summed E-state index contributed by atoms with van der Waals surface area (Å²) >= 11 is 0. The van der Waals surface area contributed by atoms with Gasteiger partial charge in [-0.2, -0.15) is 0 Å². The van der Waals surface area contributed by atoms with Crippen LogP contribution in [-0.2, 0) is 4.79 Å². The van der Waals surface area contributed by atoms with Crippen LogP contribution in [0.3, 0.4) is 0 Å². The number of fused-ring (bicyclic) bond motifs is 2. The van der Waals surface area contributed by atoms with Crippen molar-refractivity contribution in [1.82, 2.24) is 4.90 Å². The summed E-state index contributed by atoms with van der Waals surface area (Å²) < 4.78 is 5.39. The molecule has 0 unspecified atom stereocenters. The minimum absolute atomic E-state index is 0.0193. The number of likely N-dealkylation sites (tertiary alicyclic amines) is 1. The number of ether oxygens (including phenoxy) is 1. The number of hydrogen-bond donors (Lipinski definition) is 0. The van der Waals surface area contributed by atoms with Crippen LogP contribution in [0.4, 0.5) is 0 Å². The number of carbonyl (C=O) groups is 1. The molecular weight excluding hydrogens is 274 g/mol. The van der Waals surface area contributed by atoms with Crippen LogP contribution in [0.15, 0.2) is 18.2 Å². The SMILES string of the molecule is COc1cccc(C)c1C#CN1C(=O)[C@H]2CC[C@]1(C)C2(C)C. The zero-order valence-corrected chi connectivity index (χ0v) is 14.0. The van der Waals surface area contributed by atoms with E-state index < -0.39 is 0 Å². The topological polar surface area (TPSA) is 29.5 Å². The van der Waals surface area contributed by atoms with Gasteiger partial charge in [-0.05, 0) is 44.2 Å². The van der Waals surface area contributed by atoms with Crippen LogP contribution in [-0.4, -0.2) is 23.5 Å². The molecule has 0 aromatic heterocycles. The van der Waals surface area contributed by atoms with Crippen molar-refractivity contribution in [2.75, 3.05) is 7.11 Å². The molecule has 0 N–H and O–H groups in total. The van der Waals surface area contributed by atoms with E-state index in [0.717, 1.165) is 29.7 Å². The molecule has 1 heterocycles. The van der Waals surface area contributed by atoms with Crippen LogP contribution >= 0.6 is 0 Å². The molecule has 2 aliphatic rings. The molecule has 0 radical (unpaired) electrons. The Labute approximate surface area is 132 Å². The molecule has 1 saturated heterocycles. The minimum atomic E-state index is -0.169. The highest BCUT2D eigenvalue weighted by atomic mass is 16.5. The fourth-order valence-electron chi connectivity index (χ4n) is 3.98. The first-order valence-corrected chi connectivity index (χ1v) is 7.82. The molecule has 3 heteroatoms. The van der Waals surface area contributed by atoms with Crippen molar-refractivity contribution in [3.63, 3.8) is 0 Å². The van der Waals surface area contributed by atoms with Gasteiger partial charge >= 0.3 is 0 Å². The van der Waals surface area contributed by atoms with E-state index in [0.29, 0.717) is 0 Å². The molecule has 2 bridgehead atoms. The summed E-state index contributed by atoms with van der Waals surface area (Å²) in [6, 6.07) is 9.01. The average Bonchev–Trinajstić information content (AvgIpc) is 2.78. The molecule has 22 heavy (non-hydrogen) atoms. The lowest BCUT2D eigenvalue weighted by atomic mass is 9.75. The first-order valence-electron chi connectivity index (χ1n) is 7.82. The maximum atomic E-state index is 12.6. The Bertz CT molecular complexity index is 695. The molecule has 3 rings (SSSR count). The van der Waals surface area contributed by atoms with Gasteiger partial charge in [0.25, 0.3) is 0 Å². The van der Waals surface area contributed by atoms with E-state index in [-0.39, 0.29) is 22.8 Å². The van der Waals surface area contributed by atoms with E-state index in [1.807, 2.05) is 25.1 Å². The van der Waals surface area contributed by atoms with Crippen LogP contribution in [0.25, 0.3) is 0 Å². The molecule has 1 aliphatic heterocycles. The first kappa shape index (κ1) is 15.0. The van der Waals surface area contributed by atoms with E-state index in [4.69, 9.17) is 4.74 Å². The predicted octanol–water partition coefficient (Wildman–Crippen LogP) is 3.35. The number of carbonyl (C=O) groups excluding carboxylic acids is 1. The second-order valence-corrected chi connectivity index (χ2v) is 7.15. The Kier molecular flexibility index (Phi) is 3.25. The van der Waals surface area contributed by atoms with Gasteiger partial charge in [-0.25, -0.2) is 0 Å². The van der Waals surface area contributed by atoms with E-state index in [9.17, 15) is 4.79 Å². The maximum Gasteiger partial charge on any atom is 0.238 e. The second kappa shape index (κ2) is 4.78. The van der Waals surface area contributed by atoms with Crippen molar-refractivity contribution >= 4 is 5.91 Å². The summed E-state index contributed by atoms with van der Waals surface area (Å²) in [6.45, 7) is 8.56. The van der Waals surface area contributed by atoms with Crippen molar-refractivity contribution in [2.45, 2.75) is 46.1 Å². The van der Waals surface area contributed by atoms with Gasteiger partial charge in [0, 0.05) is 17.4 Å². The van der Waals surface area contributed by atoms with E-state index in [2.05, 4.69) is 32.7 Å². The zero-order valence-electron chi connectivity index (χ0n) is 14.0. The number of piperidine rings is 1. The fraction of sp³-hybridized carbons (Fsp3) is 0.526. The molecule has 2 atom stereocenters. The van der Waals surface area contributed by atoms with Gasteiger partial charge in [-0.1, -0.05) is 26.0 Å². The molecule has 1 saturated carbocycles. The van der Waals surface area contributed by atoms with Gasteiger partial charge in [0.05, 0.1) is 18.2 Å².